The number of carbonyl (C=O) groups excluding carboxylic acids is 1. The fourth-order valence-electron chi connectivity index (χ4n) is 3.84. The van der Waals surface area contributed by atoms with Gasteiger partial charge >= 0.3 is 5.97 Å². The number of benzene rings is 2. The molecule has 30 heavy (non-hydrogen) atoms. The number of piperidine rings is 1. The molecule has 1 aromatic heterocycles. The number of aromatic nitrogens is 1. The number of hydrogen-bond donors (Lipinski definition) is 0. The molecule has 2 aromatic carbocycles. The first kappa shape index (κ1) is 20.0. The van der Waals surface area contributed by atoms with Crippen LogP contribution in [0.1, 0.15) is 41.6 Å². The minimum atomic E-state index is -0.393. The smallest absolute Gasteiger partial charge is 0.343 e. The summed E-state index contributed by atoms with van der Waals surface area (Å²) in [7, 11) is 0. The van der Waals surface area contributed by atoms with Gasteiger partial charge in [0.1, 0.15) is 11.5 Å². The largest absolute Gasteiger partial charge is 0.494 e. The van der Waals surface area contributed by atoms with Crippen LogP contribution in [-0.2, 0) is 0 Å². The summed E-state index contributed by atoms with van der Waals surface area (Å²) in [5.41, 5.74) is 2.88. The Balaban J connectivity index is 1.37. The molecular weight excluding hydrogens is 376 g/mol. The van der Waals surface area contributed by atoms with Crippen molar-refractivity contribution >= 4 is 11.7 Å². The summed E-state index contributed by atoms with van der Waals surface area (Å²) in [5.74, 6) is 1.24. The number of anilines is 1. The van der Waals surface area contributed by atoms with E-state index >= 15 is 0 Å². The normalized spacial score (nSPS) is 14.4. The number of hydrogen-bond acceptors (Lipinski definition) is 5. The fraction of sp³-hybridized carbons (Fsp3) is 0.280. The molecule has 4 rings (SSSR count). The molecule has 1 aliphatic heterocycles. The molecule has 2 heterocycles. The first-order valence-corrected chi connectivity index (χ1v) is 10.4. The zero-order chi connectivity index (χ0) is 20.8. The molecule has 0 atom stereocenters. The zero-order valence-corrected chi connectivity index (χ0v) is 17.2. The van der Waals surface area contributed by atoms with Crippen molar-refractivity contribution in [1.29, 1.82) is 0 Å². The van der Waals surface area contributed by atoms with Crippen molar-refractivity contribution in [3.8, 4) is 11.5 Å². The van der Waals surface area contributed by atoms with Crippen LogP contribution in [-0.4, -0.2) is 30.6 Å². The number of ether oxygens (including phenoxy) is 2. The molecule has 0 radical (unpaired) electrons. The maximum Gasteiger partial charge on any atom is 0.343 e. The van der Waals surface area contributed by atoms with Crippen molar-refractivity contribution in [1.82, 2.24) is 4.98 Å². The van der Waals surface area contributed by atoms with Gasteiger partial charge < -0.3 is 14.4 Å². The van der Waals surface area contributed by atoms with Gasteiger partial charge in [0.15, 0.2) is 0 Å². The molecule has 3 aromatic rings. The molecule has 1 aliphatic rings. The molecular formula is C25H26N2O3. The minimum Gasteiger partial charge on any atom is -0.494 e. The van der Waals surface area contributed by atoms with Crippen LogP contribution in [0.25, 0.3) is 0 Å². The van der Waals surface area contributed by atoms with Crippen LogP contribution < -0.4 is 14.4 Å². The van der Waals surface area contributed by atoms with Crippen LogP contribution in [0.2, 0.25) is 0 Å². The van der Waals surface area contributed by atoms with Gasteiger partial charge in [-0.25, -0.2) is 4.79 Å². The lowest BCUT2D eigenvalue weighted by molar-refractivity contribution is 0.0734. The third-order valence-electron chi connectivity index (χ3n) is 5.43. The summed E-state index contributed by atoms with van der Waals surface area (Å²) in [5, 5.41) is 0. The van der Waals surface area contributed by atoms with Gasteiger partial charge in [0, 0.05) is 25.0 Å². The predicted molar refractivity (Wildman–Crippen MR) is 117 cm³/mol. The molecule has 0 amide bonds. The Hall–Kier alpha value is -3.34. The van der Waals surface area contributed by atoms with Crippen LogP contribution in [0.15, 0.2) is 73.1 Å². The highest BCUT2D eigenvalue weighted by Crippen LogP contribution is 2.31. The summed E-state index contributed by atoms with van der Waals surface area (Å²) in [6.07, 6.45) is 5.58. The quantitative estimate of drug-likeness (QED) is 0.538. The Morgan fingerprint density at radius 2 is 1.73 bits per heavy atom. The molecule has 1 saturated heterocycles. The lowest BCUT2D eigenvalue weighted by Crippen LogP contribution is -2.32. The van der Waals surface area contributed by atoms with Crippen molar-refractivity contribution in [2.75, 3.05) is 24.6 Å². The minimum absolute atomic E-state index is 0.393. The van der Waals surface area contributed by atoms with E-state index in [1.165, 1.54) is 5.69 Å². The molecule has 0 aliphatic carbocycles. The first-order chi connectivity index (χ1) is 14.7. The van der Waals surface area contributed by atoms with Crippen LogP contribution in [0, 0.1) is 0 Å². The monoisotopic (exact) mass is 402 g/mol. The maximum atomic E-state index is 12.5. The van der Waals surface area contributed by atoms with E-state index in [1.54, 1.807) is 30.5 Å². The van der Waals surface area contributed by atoms with E-state index in [9.17, 15) is 4.79 Å². The van der Waals surface area contributed by atoms with Gasteiger partial charge in [-0.15, -0.1) is 0 Å². The average Bonchev–Trinajstić information content (AvgIpc) is 2.81. The van der Waals surface area contributed by atoms with E-state index < -0.39 is 5.97 Å². The van der Waals surface area contributed by atoms with Crippen molar-refractivity contribution in [3.05, 3.63) is 84.2 Å². The van der Waals surface area contributed by atoms with Crippen molar-refractivity contribution < 1.29 is 14.3 Å². The highest BCUT2D eigenvalue weighted by Gasteiger charge is 2.22. The Bertz CT molecular complexity index is 965. The van der Waals surface area contributed by atoms with Gasteiger partial charge in [-0.2, -0.15) is 0 Å². The van der Waals surface area contributed by atoms with Gasteiger partial charge in [-0.1, -0.05) is 18.2 Å². The second kappa shape index (κ2) is 9.44. The lowest BCUT2D eigenvalue weighted by Gasteiger charge is -2.33. The topological polar surface area (TPSA) is 51.7 Å². The van der Waals surface area contributed by atoms with Crippen molar-refractivity contribution in [3.63, 3.8) is 0 Å². The molecule has 0 saturated carbocycles. The van der Waals surface area contributed by atoms with Gasteiger partial charge in [0.25, 0.3) is 0 Å². The SMILES string of the molecule is CCOc1ccc(C(=O)Oc2cncc(C3CCN(c4ccccc4)CC3)c2)cc1. The molecule has 0 N–H and O–H groups in total. The summed E-state index contributed by atoms with van der Waals surface area (Å²) in [6, 6.07) is 19.4. The Morgan fingerprint density at radius 1 is 1.00 bits per heavy atom. The number of para-hydroxylation sites is 1. The maximum absolute atomic E-state index is 12.5. The van der Waals surface area contributed by atoms with Gasteiger partial charge in [-0.3, -0.25) is 4.98 Å². The standard InChI is InChI=1S/C25H26N2O3/c1-2-29-23-10-8-20(9-11-23)25(28)30-24-16-21(17-26-18-24)19-12-14-27(15-13-19)22-6-4-3-5-7-22/h3-11,16-19H,2,12-15H2,1H3. The summed E-state index contributed by atoms with van der Waals surface area (Å²) >= 11 is 0. The molecule has 0 bridgehead atoms. The number of carbonyl (C=O) groups is 1. The molecule has 5 heteroatoms. The second-order valence-corrected chi connectivity index (χ2v) is 7.40. The number of pyridine rings is 1. The highest BCUT2D eigenvalue weighted by atomic mass is 16.5. The zero-order valence-electron chi connectivity index (χ0n) is 17.2. The van der Waals surface area contributed by atoms with Crippen LogP contribution in [0.4, 0.5) is 5.69 Å². The van der Waals surface area contributed by atoms with Crippen molar-refractivity contribution in [2.45, 2.75) is 25.7 Å². The van der Waals surface area contributed by atoms with E-state index in [-0.39, 0.29) is 0 Å². The summed E-state index contributed by atoms with van der Waals surface area (Å²) in [4.78, 5) is 19.2. The number of rotatable bonds is 6. The van der Waals surface area contributed by atoms with E-state index in [0.717, 1.165) is 37.2 Å². The molecule has 0 spiro atoms. The molecule has 154 valence electrons. The Kier molecular flexibility index (Phi) is 6.28. The van der Waals surface area contributed by atoms with Gasteiger partial charge in [0.2, 0.25) is 0 Å². The second-order valence-electron chi connectivity index (χ2n) is 7.40. The number of esters is 1. The highest BCUT2D eigenvalue weighted by molar-refractivity contribution is 5.91. The van der Waals surface area contributed by atoms with E-state index in [0.29, 0.717) is 23.8 Å². The van der Waals surface area contributed by atoms with E-state index in [4.69, 9.17) is 9.47 Å². The summed E-state index contributed by atoms with van der Waals surface area (Å²) < 4.78 is 11.0. The lowest BCUT2D eigenvalue weighted by atomic mass is 9.90. The third kappa shape index (κ3) is 4.79. The summed E-state index contributed by atoms with van der Waals surface area (Å²) in [6.45, 7) is 4.52. The van der Waals surface area contributed by atoms with Crippen LogP contribution >= 0.6 is 0 Å². The Morgan fingerprint density at radius 3 is 2.43 bits per heavy atom. The first-order valence-electron chi connectivity index (χ1n) is 10.4. The predicted octanol–water partition coefficient (Wildman–Crippen LogP) is 5.08. The van der Waals surface area contributed by atoms with Gasteiger partial charge in [0.05, 0.1) is 18.4 Å². The van der Waals surface area contributed by atoms with Crippen LogP contribution in [0.5, 0.6) is 11.5 Å². The average molecular weight is 402 g/mol. The third-order valence-corrected chi connectivity index (χ3v) is 5.43. The molecule has 5 nitrogen and oxygen atoms in total. The number of nitrogens with zero attached hydrogens (tertiary/aromatic N) is 2. The molecule has 0 unspecified atom stereocenters. The van der Waals surface area contributed by atoms with E-state index in [2.05, 4.69) is 34.1 Å². The van der Waals surface area contributed by atoms with Crippen molar-refractivity contribution in [2.24, 2.45) is 0 Å². The van der Waals surface area contributed by atoms with Crippen LogP contribution in [0.3, 0.4) is 0 Å². The molecule has 1 fully saturated rings. The Labute approximate surface area is 177 Å². The van der Waals surface area contributed by atoms with E-state index in [1.807, 2.05) is 25.3 Å². The fourth-order valence-corrected chi connectivity index (χ4v) is 3.84. The van der Waals surface area contributed by atoms with Gasteiger partial charge in [-0.05, 0) is 73.7 Å².